The summed E-state index contributed by atoms with van der Waals surface area (Å²) in [5.74, 6) is 0.316. The smallest absolute Gasteiger partial charge is 0.338 e. The van der Waals surface area contributed by atoms with Crippen LogP contribution in [0.3, 0.4) is 0 Å². The van der Waals surface area contributed by atoms with Crippen LogP contribution in [-0.4, -0.2) is 12.6 Å². The van der Waals surface area contributed by atoms with Gasteiger partial charge in [0.05, 0.1) is 12.2 Å². The van der Waals surface area contributed by atoms with E-state index in [1.807, 2.05) is 30.3 Å². The van der Waals surface area contributed by atoms with Gasteiger partial charge in [-0.15, -0.1) is 0 Å². The van der Waals surface area contributed by atoms with Gasteiger partial charge in [0, 0.05) is 4.47 Å². The fourth-order valence-corrected chi connectivity index (χ4v) is 2.17. The molecule has 0 aliphatic rings. The average Bonchev–Trinajstić information content (AvgIpc) is 2.46. The largest absolute Gasteiger partial charge is 0.489 e. The molecule has 0 saturated carbocycles. The Morgan fingerprint density at radius 1 is 1.15 bits per heavy atom. The molecule has 0 amide bonds. The van der Waals surface area contributed by atoms with E-state index in [1.165, 1.54) is 0 Å². The summed E-state index contributed by atoms with van der Waals surface area (Å²) in [5.41, 5.74) is 1.56. The molecular formula is C16H15BrO3. The van der Waals surface area contributed by atoms with Crippen molar-refractivity contribution in [1.29, 1.82) is 0 Å². The average molecular weight is 335 g/mol. The summed E-state index contributed by atoms with van der Waals surface area (Å²) in [4.78, 5) is 11.6. The van der Waals surface area contributed by atoms with E-state index in [0.29, 0.717) is 24.5 Å². The summed E-state index contributed by atoms with van der Waals surface area (Å²) in [6.45, 7) is 2.60. The Morgan fingerprint density at radius 3 is 2.70 bits per heavy atom. The van der Waals surface area contributed by atoms with Crippen molar-refractivity contribution in [2.75, 3.05) is 6.61 Å². The molecule has 104 valence electrons. The van der Waals surface area contributed by atoms with Gasteiger partial charge in [0.1, 0.15) is 12.4 Å². The van der Waals surface area contributed by atoms with Gasteiger partial charge in [0.25, 0.3) is 0 Å². The van der Waals surface area contributed by atoms with Crippen molar-refractivity contribution in [2.45, 2.75) is 13.5 Å². The molecule has 0 unspecified atom stereocenters. The van der Waals surface area contributed by atoms with Crippen LogP contribution in [0.1, 0.15) is 22.8 Å². The van der Waals surface area contributed by atoms with Gasteiger partial charge in [-0.2, -0.15) is 0 Å². The normalized spacial score (nSPS) is 10.1. The number of halogens is 1. The van der Waals surface area contributed by atoms with Crippen molar-refractivity contribution >= 4 is 21.9 Å². The predicted molar refractivity (Wildman–Crippen MR) is 80.9 cm³/mol. The molecule has 0 aliphatic carbocycles. The summed E-state index contributed by atoms with van der Waals surface area (Å²) in [7, 11) is 0. The highest BCUT2D eigenvalue weighted by Crippen LogP contribution is 2.17. The minimum atomic E-state index is -0.333. The van der Waals surface area contributed by atoms with Crippen LogP contribution in [0, 0.1) is 0 Å². The Labute approximate surface area is 126 Å². The molecule has 2 aromatic rings. The zero-order valence-corrected chi connectivity index (χ0v) is 12.7. The molecule has 0 N–H and O–H groups in total. The van der Waals surface area contributed by atoms with Crippen molar-refractivity contribution in [1.82, 2.24) is 0 Å². The van der Waals surface area contributed by atoms with E-state index in [9.17, 15) is 4.79 Å². The second-order valence-electron chi connectivity index (χ2n) is 4.17. The maximum absolute atomic E-state index is 11.6. The maximum Gasteiger partial charge on any atom is 0.338 e. The molecular weight excluding hydrogens is 320 g/mol. The van der Waals surface area contributed by atoms with Crippen LogP contribution in [-0.2, 0) is 11.3 Å². The molecule has 0 spiro atoms. The molecule has 0 aliphatic heterocycles. The number of carbonyl (C=O) groups excluding carboxylic acids is 1. The second kappa shape index (κ2) is 7.10. The molecule has 0 aromatic heterocycles. The minimum Gasteiger partial charge on any atom is -0.489 e. The molecule has 0 heterocycles. The summed E-state index contributed by atoms with van der Waals surface area (Å²) >= 11 is 3.42. The fraction of sp³-hybridized carbons (Fsp3) is 0.188. The quantitative estimate of drug-likeness (QED) is 0.768. The lowest BCUT2D eigenvalue weighted by atomic mass is 10.2. The molecule has 0 atom stereocenters. The molecule has 0 saturated heterocycles. The molecule has 4 heteroatoms. The van der Waals surface area contributed by atoms with Gasteiger partial charge in [-0.05, 0) is 42.8 Å². The highest BCUT2D eigenvalue weighted by atomic mass is 79.9. The van der Waals surface area contributed by atoms with Crippen molar-refractivity contribution in [3.8, 4) is 5.75 Å². The molecule has 0 radical (unpaired) electrons. The number of hydrogen-bond donors (Lipinski definition) is 0. The monoisotopic (exact) mass is 334 g/mol. The molecule has 0 fully saturated rings. The van der Waals surface area contributed by atoms with E-state index in [2.05, 4.69) is 15.9 Å². The van der Waals surface area contributed by atoms with Gasteiger partial charge < -0.3 is 9.47 Å². The number of rotatable bonds is 5. The SMILES string of the molecule is CCOC(=O)c1cccc(OCc2cccc(Br)c2)c1. The van der Waals surface area contributed by atoms with Crippen LogP contribution in [0.4, 0.5) is 0 Å². The number of hydrogen-bond acceptors (Lipinski definition) is 3. The van der Waals surface area contributed by atoms with Crippen LogP contribution in [0.5, 0.6) is 5.75 Å². The molecule has 3 nitrogen and oxygen atoms in total. The highest BCUT2D eigenvalue weighted by molar-refractivity contribution is 9.10. The first kappa shape index (κ1) is 14.6. The number of carbonyl (C=O) groups is 1. The van der Waals surface area contributed by atoms with Gasteiger partial charge in [-0.1, -0.05) is 34.1 Å². The number of ether oxygens (including phenoxy) is 2. The van der Waals surface area contributed by atoms with Crippen LogP contribution >= 0.6 is 15.9 Å². The zero-order valence-electron chi connectivity index (χ0n) is 11.1. The lowest BCUT2D eigenvalue weighted by Crippen LogP contribution is -2.05. The molecule has 2 aromatic carbocycles. The minimum absolute atomic E-state index is 0.333. The van der Waals surface area contributed by atoms with Crippen molar-refractivity contribution in [3.63, 3.8) is 0 Å². The third kappa shape index (κ3) is 4.10. The first-order valence-electron chi connectivity index (χ1n) is 6.33. The lowest BCUT2D eigenvalue weighted by molar-refractivity contribution is 0.0526. The van der Waals surface area contributed by atoms with Gasteiger partial charge in [0.15, 0.2) is 0 Å². The van der Waals surface area contributed by atoms with E-state index in [1.54, 1.807) is 25.1 Å². The van der Waals surface area contributed by atoms with Gasteiger partial charge >= 0.3 is 5.97 Å². The Balaban J connectivity index is 2.03. The summed E-state index contributed by atoms with van der Waals surface area (Å²) in [6.07, 6.45) is 0. The summed E-state index contributed by atoms with van der Waals surface area (Å²) in [5, 5.41) is 0. The number of esters is 1. The van der Waals surface area contributed by atoms with Crippen LogP contribution in [0.15, 0.2) is 53.0 Å². The predicted octanol–water partition coefficient (Wildman–Crippen LogP) is 4.20. The molecule has 0 bridgehead atoms. The lowest BCUT2D eigenvalue weighted by Gasteiger charge is -2.08. The molecule has 20 heavy (non-hydrogen) atoms. The van der Waals surface area contributed by atoms with Crippen LogP contribution in [0.25, 0.3) is 0 Å². The van der Waals surface area contributed by atoms with Gasteiger partial charge in [0.2, 0.25) is 0 Å². The Hall–Kier alpha value is -1.81. The van der Waals surface area contributed by atoms with E-state index >= 15 is 0 Å². The number of benzene rings is 2. The maximum atomic E-state index is 11.6. The second-order valence-corrected chi connectivity index (χ2v) is 5.08. The first-order valence-corrected chi connectivity index (χ1v) is 7.13. The van der Waals surface area contributed by atoms with Crippen LogP contribution in [0.2, 0.25) is 0 Å². The van der Waals surface area contributed by atoms with Crippen LogP contribution < -0.4 is 4.74 Å². The van der Waals surface area contributed by atoms with Gasteiger partial charge in [-0.25, -0.2) is 4.79 Å². The topological polar surface area (TPSA) is 35.5 Å². The van der Waals surface area contributed by atoms with Crippen molar-refractivity contribution in [3.05, 3.63) is 64.1 Å². The van der Waals surface area contributed by atoms with Crippen molar-refractivity contribution < 1.29 is 14.3 Å². The van der Waals surface area contributed by atoms with E-state index in [4.69, 9.17) is 9.47 Å². The van der Waals surface area contributed by atoms with Crippen molar-refractivity contribution in [2.24, 2.45) is 0 Å². The third-order valence-corrected chi connectivity index (χ3v) is 3.13. The Bertz CT molecular complexity index is 596. The van der Waals surface area contributed by atoms with Gasteiger partial charge in [-0.3, -0.25) is 0 Å². The van der Waals surface area contributed by atoms with E-state index in [-0.39, 0.29) is 5.97 Å². The zero-order chi connectivity index (χ0) is 14.4. The standard InChI is InChI=1S/C16H15BrO3/c1-2-19-16(18)13-6-4-8-15(10-13)20-11-12-5-3-7-14(17)9-12/h3-10H,2,11H2,1H3. The van der Waals surface area contributed by atoms with E-state index < -0.39 is 0 Å². The Morgan fingerprint density at radius 2 is 1.95 bits per heavy atom. The molecule has 2 rings (SSSR count). The first-order chi connectivity index (χ1) is 9.69. The fourth-order valence-electron chi connectivity index (χ4n) is 1.72. The summed E-state index contributed by atoms with van der Waals surface area (Å²) in [6, 6.07) is 14.9. The Kier molecular flexibility index (Phi) is 5.18. The van der Waals surface area contributed by atoms with E-state index in [0.717, 1.165) is 10.0 Å². The highest BCUT2D eigenvalue weighted by Gasteiger charge is 2.07. The third-order valence-electron chi connectivity index (χ3n) is 2.64. The summed E-state index contributed by atoms with van der Waals surface area (Å²) < 4.78 is 11.7.